The molecule has 1 unspecified atom stereocenters. The van der Waals surface area contributed by atoms with Crippen LogP contribution < -0.4 is 31.3 Å². The van der Waals surface area contributed by atoms with Crippen molar-refractivity contribution in [2.24, 2.45) is 11.0 Å². The smallest absolute Gasteiger partial charge is 0.272 e. The van der Waals surface area contributed by atoms with E-state index in [9.17, 15) is 4.79 Å². The number of carbonyl (C=O) groups excluding carboxylic acids is 1. The molecule has 2 aliphatic rings. The number of amides is 1. The van der Waals surface area contributed by atoms with Crippen LogP contribution in [-0.4, -0.2) is 41.8 Å². The van der Waals surface area contributed by atoms with Crippen molar-refractivity contribution in [1.82, 2.24) is 31.6 Å². The molecule has 4 N–H and O–H groups in total. The topological polar surface area (TPSA) is 114 Å². The van der Waals surface area contributed by atoms with Gasteiger partial charge in [-0.15, -0.1) is 10.6 Å². The lowest BCUT2D eigenvalue weighted by molar-refractivity contribution is 0.0925. The number of benzene rings is 3. The maximum atomic E-state index is 13.9. The summed E-state index contributed by atoms with van der Waals surface area (Å²) in [5, 5.41) is 14.5. The van der Waals surface area contributed by atoms with E-state index in [0.29, 0.717) is 28.6 Å². The quantitative estimate of drug-likeness (QED) is 0.264. The number of nitrogens with one attached hydrogen (secondary N) is 4. The van der Waals surface area contributed by atoms with Crippen molar-refractivity contribution in [3.05, 3.63) is 72.4 Å². The molecule has 10 nitrogen and oxygen atoms in total. The van der Waals surface area contributed by atoms with Gasteiger partial charge >= 0.3 is 0 Å². The van der Waals surface area contributed by atoms with Crippen LogP contribution in [0.3, 0.4) is 0 Å². The fraction of sp³-hybridized carbons (Fsp3) is 0.300. The van der Waals surface area contributed by atoms with Gasteiger partial charge in [-0.1, -0.05) is 61.7 Å². The Morgan fingerprint density at radius 2 is 1.70 bits per heavy atom. The van der Waals surface area contributed by atoms with Gasteiger partial charge in [-0.05, 0) is 48.4 Å². The number of hydrogen-bond acceptors (Lipinski definition) is 8. The molecule has 6 rings (SSSR count). The fourth-order valence-corrected chi connectivity index (χ4v) is 5.80. The summed E-state index contributed by atoms with van der Waals surface area (Å²) in [6, 6.07) is 21.3. The molecule has 206 valence electrons. The van der Waals surface area contributed by atoms with E-state index in [4.69, 9.17) is 14.6 Å². The van der Waals surface area contributed by atoms with Crippen LogP contribution in [0.5, 0.6) is 11.5 Å². The summed E-state index contributed by atoms with van der Waals surface area (Å²) in [6.45, 7) is 0. The molecule has 1 atom stereocenters. The van der Waals surface area contributed by atoms with Crippen LogP contribution in [0.15, 0.2) is 71.8 Å². The van der Waals surface area contributed by atoms with Crippen LogP contribution in [0.4, 0.5) is 0 Å². The molecule has 1 fully saturated rings. The Bertz CT molecular complexity index is 1530. The molecule has 3 aromatic carbocycles. The summed E-state index contributed by atoms with van der Waals surface area (Å²) in [7, 11) is 3.24. The molecule has 1 amide bonds. The Labute approximate surface area is 232 Å². The molecule has 1 aromatic heterocycles. The summed E-state index contributed by atoms with van der Waals surface area (Å²) in [4.78, 5) is 13.9. The number of fused-ring (bicyclic) bond motifs is 1. The third-order valence-corrected chi connectivity index (χ3v) is 7.75. The van der Waals surface area contributed by atoms with Crippen molar-refractivity contribution in [2.75, 3.05) is 14.2 Å². The third-order valence-electron chi connectivity index (χ3n) is 7.75. The monoisotopic (exact) mass is 539 g/mol. The SMILES string of the molecule is COc1cccc(OC)c1-c1cc(C(=O)NC(C2=NNNN2)C2CCCCC2)nn1-c1cccc2ccccc12. The van der Waals surface area contributed by atoms with E-state index in [1.165, 1.54) is 6.42 Å². The zero-order chi connectivity index (χ0) is 27.5. The summed E-state index contributed by atoms with van der Waals surface area (Å²) in [5.74, 6) is 1.91. The molecule has 1 aliphatic heterocycles. The van der Waals surface area contributed by atoms with Crippen molar-refractivity contribution < 1.29 is 14.3 Å². The molecular formula is C30H33N7O3. The van der Waals surface area contributed by atoms with Gasteiger partial charge in [0, 0.05) is 5.39 Å². The zero-order valence-electron chi connectivity index (χ0n) is 22.6. The molecule has 0 radical (unpaired) electrons. The number of rotatable bonds is 8. The normalized spacial score (nSPS) is 16.1. The molecule has 2 heterocycles. The van der Waals surface area contributed by atoms with E-state index >= 15 is 0 Å². The van der Waals surface area contributed by atoms with Gasteiger partial charge in [0.2, 0.25) is 0 Å². The highest BCUT2D eigenvalue weighted by Gasteiger charge is 2.32. The van der Waals surface area contributed by atoms with Crippen molar-refractivity contribution >= 4 is 22.5 Å². The number of methoxy groups -OCH3 is 2. The molecule has 1 saturated carbocycles. The first-order valence-electron chi connectivity index (χ1n) is 13.6. The number of hydrazine groups is 2. The second kappa shape index (κ2) is 11.3. The van der Waals surface area contributed by atoms with Crippen molar-refractivity contribution in [3.8, 4) is 28.4 Å². The molecule has 40 heavy (non-hydrogen) atoms. The Morgan fingerprint density at radius 1 is 0.975 bits per heavy atom. The predicted molar refractivity (Wildman–Crippen MR) is 154 cm³/mol. The summed E-state index contributed by atoms with van der Waals surface area (Å²) in [5.41, 5.74) is 11.1. The van der Waals surface area contributed by atoms with Crippen LogP contribution in [0.25, 0.3) is 27.7 Å². The van der Waals surface area contributed by atoms with Crippen LogP contribution in [0.2, 0.25) is 0 Å². The van der Waals surface area contributed by atoms with E-state index in [2.05, 4.69) is 45.1 Å². The second-order valence-electron chi connectivity index (χ2n) is 10.1. The summed E-state index contributed by atoms with van der Waals surface area (Å²) >= 11 is 0. The first kappa shape index (κ1) is 25.7. The molecular weight excluding hydrogens is 506 g/mol. The van der Waals surface area contributed by atoms with Crippen LogP contribution >= 0.6 is 0 Å². The Morgan fingerprint density at radius 3 is 2.42 bits per heavy atom. The minimum Gasteiger partial charge on any atom is -0.496 e. The Hall–Kier alpha value is -4.57. The number of carbonyl (C=O) groups is 1. The molecule has 1 aliphatic carbocycles. The minimum absolute atomic E-state index is 0.276. The highest BCUT2D eigenvalue weighted by atomic mass is 16.5. The van der Waals surface area contributed by atoms with Crippen molar-refractivity contribution in [1.29, 1.82) is 0 Å². The van der Waals surface area contributed by atoms with Gasteiger partial charge in [0.05, 0.1) is 37.2 Å². The van der Waals surface area contributed by atoms with Crippen LogP contribution in [0, 0.1) is 5.92 Å². The van der Waals surface area contributed by atoms with Gasteiger partial charge in [0.15, 0.2) is 11.5 Å². The van der Waals surface area contributed by atoms with E-state index in [1.807, 2.05) is 47.1 Å². The van der Waals surface area contributed by atoms with E-state index in [-0.39, 0.29) is 23.6 Å². The Kier molecular flexibility index (Phi) is 7.24. The molecule has 4 aromatic rings. The van der Waals surface area contributed by atoms with Crippen LogP contribution in [0.1, 0.15) is 42.6 Å². The van der Waals surface area contributed by atoms with Gasteiger partial charge in [0.25, 0.3) is 5.91 Å². The number of hydrazone groups is 1. The number of ether oxygens (including phenoxy) is 2. The summed E-state index contributed by atoms with van der Waals surface area (Å²) in [6.07, 6.45) is 5.55. The molecule has 10 heteroatoms. The number of nitrogens with zero attached hydrogens (tertiary/aromatic N) is 3. The standard InChI is InChI=1S/C30H33N7O3/c1-39-25-16-9-17-26(40-2)27(25)24-18-22(34-37(24)23-15-8-13-19-10-6-7-14-21(19)23)30(38)31-28(29-32-35-36-33-29)20-11-4-3-5-12-20/h6-10,13-18,20,28,35-36H,3-5,11-12H2,1-2H3,(H,31,38)(H,32,33). The third kappa shape index (κ3) is 4.82. The predicted octanol–water partition coefficient (Wildman–Crippen LogP) is 4.31. The maximum absolute atomic E-state index is 13.9. The first-order chi connectivity index (χ1) is 19.7. The molecule has 0 bridgehead atoms. The van der Waals surface area contributed by atoms with Crippen molar-refractivity contribution in [2.45, 2.75) is 38.1 Å². The number of aromatic nitrogens is 2. The van der Waals surface area contributed by atoms with Gasteiger partial charge in [-0.25, -0.2) is 10.2 Å². The van der Waals surface area contributed by atoms with Gasteiger partial charge in [0.1, 0.15) is 11.5 Å². The lowest BCUT2D eigenvalue weighted by atomic mass is 9.83. The van der Waals surface area contributed by atoms with Gasteiger partial charge in [-0.2, -0.15) is 5.10 Å². The second-order valence-corrected chi connectivity index (χ2v) is 10.1. The highest BCUT2D eigenvalue weighted by Crippen LogP contribution is 2.40. The first-order valence-corrected chi connectivity index (χ1v) is 13.6. The fourth-order valence-electron chi connectivity index (χ4n) is 5.80. The lowest BCUT2D eigenvalue weighted by Gasteiger charge is -2.30. The number of hydrogen-bond donors (Lipinski definition) is 4. The van der Waals surface area contributed by atoms with Crippen molar-refractivity contribution in [3.63, 3.8) is 0 Å². The van der Waals surface area contributed by atoms with E-state index in [1.54, 1.807) is 20.3 Å². The Balaban J connectivity index is 1.47. The lowest BCUT2D eigenvalue weighted by Crippen LogP contribution is -2.52. The van der Waals surface area contributed by atoms with E-state index < -0.39 is 0 Å². The zero-order valence-corrected chi connectivity index (χ0v) is 22.6. The largest absolute Gasteiger partial charge is 0.496 e. The van der Waals surface area contributed by atoms with Gasteiger partial charge < -0.3 is 14.8 Å². The highest BCUT2D eigenvalue weighted by molar-refractivity contribution is 5.99. The number of amidine groups is 1. The van der Waals surface area contributed by atoms with E-state index in [0.717, 1.165) is 42.1 Å². The molecule has 0 saturated heterocycles. The maximum Gasteiger partial charge on any atom is 0.272 e. The van der Waals surface area contributed by atoms with Crippen LogP contribution in [-0.2, 0) is 0 Å². The summed E-state index contributed by atoms with van der Waals surface area (Å²) < 4.78 is 13.3. The average Bonchev–Trinajstić information content (AvgIpc) is 3.70. The average molecular weight is 540 g/mol. The van der Waals surface area contributed by atoms with Gasteiger partial charge in [-0.3, -0.25) is 10.2 Å². The molecule has 0 spiro atoms. The minimum atomic E-state index is -0.277.